The minimum absolute atomic E-state index is 0.412. The van der Waals surface area contributed by atoms with Gasteiger partial charge in [-0.2, -0.15) is 10.2 Å². The highest BCUT2D eigenvalue weighted by molar-refractivity contribution is 5.60. The van der Waals surface area contributed by atoms with Gasteiger partial charge in [0, 0.05) is 5.69 Å². The Hall–Kier alpha value is -2.74. The normalized spacial score (nSPS) is 9.80. The predicted molar refractivity (Wildman–Crippen MR) is 78.9 cm³/mol. The molecule has 0 aliphatic heterocycles. The van der Waals surface area contributed by atoms with E-state index in [1.807, 2.05) is 31.2 Å². The summed E-state index contributed by atoms with van der Waals surface area (Å²) in [6, 6.07) is 13.3. The molecule has 2 aromatic rings. The monoisotopic (exact) mass is 268 g/mol. The maximum Gasteiger partial charge on any atom is 0.239 e. The minimum atomic E-state index is 0.412. The fourth-order valence-electron chi connectivity index (χ4n) is 1.72. The standard InChI is InChI=1S/C15H16N4O/c1-2-20-15-13(17)7-8-14(19-15)18-12-5-3-11(4-6-12)9-10-16/h3-8H,2,9,17H2,1H3,(H,18,19). The number of aromatic nitrogens is 1. The lowest BCUT2D eigenvalue weighted by Gasteiger charge is -2.10. The fraction of sp³-hybridized carbons (Fsp3) is 0.200. The quantitative estimate of drug-likeness (QED) is 0.871. The molecule has 0 spiro atoms. The molecule has 0 amide bonds. The Morgan fingerprint density at radius 2 is 2.00 bits per heavy atom. The second-order valence-corrected chi connectivity index (χ2v) is 4.18. The Morgan fingerprint density at radius 1 is 1.25 bits per heavy atom. The zero-order valence-electron chi connectivity index (χ0n) is 11.3. The zero-order chi connectivity index (χ0) is 14.4. The van der Waals surface area contributed by atoms with E-state index in [1.165, 1.54) is 0 Å². The number of nitrogens with two attached hydrogens (primary N) is 1. The van der Waals surface area contributed by atoms with Crippen molar-refractivity contribution in [3.63, 3.8) is 0 Å². The average molecular weight is 268 g/mol. The van der Waals surface area contributed by atoms with Crippen LogP contribution in [0.25, 0.3) is 0 Å². The third-order valence-corrected chi connectivity index (χ3v) is 2.68. The topological polar surface area (TPSA) is 84.0 Å². The molecule has 3 N–H and O–H groups in total. The lowest BCUT2D eigenvalue weighted by molar-refractivity contribution is 0.329. The van der Waals surface area contributed by atoms with Crippen LogP contribution < -0.4 is 15.8 Å². The largest absolute Gasteiger partial charge is 0.476 e. The highest BCUT2D eigenvalue weighted by Gasteiger charge is 2.04. The van der Waals surface area contributed by atoms with Gasteiger partial charge < -0.3 is 15.8 Å². The van der Waals surface area contributed by atoms with Crippen LogP contribution >= 0.6 is 0 Å². The van der Waals surface area contributed by atoms with Gasteiger partial charge in [-0.05, 0) is 36.8 Å². The summed E-state index contributed by atoms with van der Waals surface area (Å²) in [5.74, 6) is 1.09. The van der Waals surface area contributed by atoms with Gasteiger partial charge in [-0.3, -0.25) is 0 Å². The summed E-state index contributed by atoms with van der Waals surface area (Å²) in [5.41, 5.74) is 8.17. The number of nitriles is 1. The number of anilines is 3. The first-order valence-corrected chi connectivity index (χ1v) is 6.35. The van der Waals surface area contributed by atoms with E-state index in [2.05, 4.69) is 16.4 Å². The van der Waals surface area contributed by atoms with E-state index in [9.17, 15) is 0 Å². The molecule has 0 fully saturated rings. The molecule has 0 aliphatic rings. The molecule has 20 heavy (non-hydrogen) atoms. The highest BCUT2D eigenvalue weighted by Crippen LogP contribution is 2.23. The Balaban J connectivity index is 2.13. The summed E-state index contributed by atoms with van der Waals surface area (Å²) in [7, 11) is 0. The third-order valence-electron chi connectivity index (χ3n) is 2.68. The van der Waals surface area contributed by atoms with E-state index in [1.54, 1.807) is 12.1 Å². The van der Waals surface area contributed by atoms with Crippen LogP contribution in [-0.2, 0) is 6.42 Å². The van der Waals surface area contributed by atoms with Crippen molar-refractivity contribution in [3.8, 4) is 11.9 Å². The molecule has 5 nitrogen and oxygen atoms in total. The van der Waals surface area contributed by atoms with Gasteiger partial charge >= 0.3 is 0 Å². The van der Waals surface area contributed by atoms with Crippen molar-refractivity contribution in [2.24, 2.45) is 0 Å². The number of pyridine rings is 1. The first kappa shape index (κ1) is 13.7. The number of nitrogen functional groups attached to an aromatic ring is 1. The number of hydrogen-bond donors (Lipinski definition) is 2. The second kappa shape index (κ2) is 6.43. The number of ether oxygens (including phenoxy) is 1. The summed E-state index contributed by atoms with van der Waals surface area (Å²) < 4.78 is 5.35. The van der Waals surface area contributed by atoms with E-state index >= 15 is 0 Å². The summed E-state index contributed by atoms with van der Waals surface area (Å²) >= 11 is 0. The van der Waals surface area contributed by atoms with E-state index in [4.69, 9.17) is 15.7 Å². The molecule has 0 atom stereocenters. The van der Waals surface area contributed by atoms with Crippen LogP contribution in [0.1, 0.15) is 12.5 Å². The van der Waals surface area contributed by atoms with Crippen LogP contribution in [0.3, 0.4) is 0 Å². The molecule has 0 saturated carbocycles. The lowest BCUT2D eigenvalue weighted by atomic mass is 10.1. The zero-order valence-corrected chi connectivity index (χ0v) is 11.3. The van der Waals surface area contributed by atoms with Gasteiger partial charge in [0.2, 0.25) is 5.88 Å². The van der Waals surface area contributed by atoms with Crippen molar-refractivity contribution >= 4 is 17.2 Å². The number of hydrogen-bond acceptors (Lipinski definition) is 5. The van der Waals surface area contributed by atoms with Crippen LogP contribution in [0, 0.1) is 11.3 Å². The molecule has 1 heterocycles. The van der Waals surface area contributed by atoms with Crippen LogP contribution in [0.4, 0.5) is 17.2 Å². The van der Waals surface area contributed by atoms with Crippen molar-refractivity contribution in [2.45, 2.75) is 13.3 Å². The molecular weight excluding hydrogens is 252 g/mol. The van der Waals surface area contributed by atoms with Crippen LogP contribution in [0.2, 0.25) is 0 Å². The van der Waals surface area contributed by atoms with Crippen molar-refractivity contribution in [1.82, 2.24) is 4.98 Å². The number of nitrogens with one attached hydrogen (secondary N) is 1. The van der Waals surface area contributed by atoms with Crippen LogP contribution in [0.15, 0.2) is 36.4 Å². The number of benzene rings is 1. The van der Waals surface area contributed by atoms with E-state index in [0.717, 1.165) is 11.3 Å². The molecule has 0 bridgehead atoms. The molecule has 0 aliphatic carbocycles. The Morgan fingerprint density at radius 3 is 2.65 bits per heavy atom. The Labute approximate surface area is 118 Å². The van der Waals surface area contributed by atoms with Gasteiger partial charge in [-0.25, -0.2) is 0 Å². The van der Waals surface area contributed by atoms with Gasteiger partial charge in [0.1, 0.15) is 5.82 Å². The maximum atomic E-state index is 8.63. The highest BCUT2D eigenvalue weighted by atomic mass is 16.5. The summed E-state index contributed by atoms with van der Waals surface area (Å²) in [4.78, 5) is 4.31. The Kier molecular flexibility index (Phi) is 4.40. The van der Waals surface area contributed by atoms with Crippen molar-refractivity contribution in [3.05, 3.63) is 42.0 Å². The minimum Gasteiger partial charge on any atom is -0.476 e. The number of rotatable bonds is 5. The average Bonchev–Trinajstić information content (AvgIpc) is 2.45. The molecule has 102 valence electrons. The predicted octanol–water partition coefficient (Wildman–Crippen LogP) is 2.87. The van der Waals surface area contributed by atoms with Crippen molar-refractivity contribution in [2.75, 3.05) is 17.7 Å². The summed E-state index contributed by atoms with van der Waals surface area (Å²) in [6.07, 6.45) is 0.412. The second-order valence-electron chi connectivity index (χ2n) is 4.18. The molecular formula is C15H16N4O. The van der Waals surface area contributed by atoms with Crippen molar-refractivity contribution < 1.29 is 4.74 Å². The SMILES string of the molecule is CCOc1nc(Nc2ccc(CC#N)cc2)ccc1N. The van der Waals surface area contributed by atoms with Crippen LogP contribution in [0.5, 0.6) is 5.88 Å². The van der Waals surface area contributed by atoms with Crippen molar-refractivity contribution in [1.29, 1.82) is 5.26 Å². The van der Waals surface area contributed by atoms with Crippen LogP contribution in [-0.4, -0.2) is 11.6 Å². The smallest absolute Gasteiger partial charge is 0.239 e. The molecule has 1 aromatic heterocycles. The molecule has 0 radical (unpaired) electrons. The number of nitrogens with zero attached hydrogens (tertiary/aromatic N) is 2. The lowest BCUT2D eigenvalue weighted by Crippen LogP contribution is -2.02. The Bertz CT molecular complexity index is 617. The molecule has 5 heteroatoms. The molecule has 1 aromatic carbocycles. The first-order chi connectivity index (χ1) is 9.72. The first-order valence-electron chi connectivity index (χ1n) is 6.35. The molecule has 2 rings (SSSR count). The van der Waals surface area contributed by atoms with Gasteiger partial charge in [0.25, 0.3) is 0 Å². The molecule has 0 unspecified atom stereocenters. The maximum absolute atomic E-state index is 8.63. The van der Waals surface area contributed by atoms with E-state index in [0.29, 0.717) is 30.4 Å². The van der Waals surface area contributed by atoms with Gasteiger partial charge in [-0.15, -0.1) is 0 Å². The van der Waals surface area contributed by atoms with E-state index in [-0.39, 0.29) is 0 Å². The fourth-order valence-corrected chi connectivity index (χ4v) is 1.72. The van der Waals surface area contributed by atoms with E-state index < -0.39 is 0 Å². The third kappa shape index (κ3) is 3.39. The summed E-state index contributed by atoms with van der Waals surface area (Å²) in [5, 5.41) is 11.8. The van der Waals surface area contributed by atoms with Gasteiger partial charge in [0.15, 0.2) is 0 Å². The molecule has 0 saturated heterocycles. The van der Waals surface area contributed by atoms with Gasteiger partial charge in [0.05, 0.1) is 24.8 Å². The summed E-state index contributed by atoms with van der Waals surface area (Å²) in [6.45, 7) is 2.40. The van der Waals surface area contributed by atoms with Gasteiger partial charge in [-0.1, -0.05) is 12.1 Å².